The van der Waals surface area contributed by atoms with Crippen molar-refractivity contribution in [3.8, 4) is 0 Å². The molecule has 0 fully saturated rings. The van der Waals surface area contributed by atoms with E-state index in [1.54, 1.807) is 30.3 Å². The third kappa shape index (κ3) is 3.93. The van der Waals surface area contributed by atoms with Crippen molar-refractivity contribution in [1.82, 2.24) is 4.90 Å². The fourth-order valence-corrected chi connectivity index (χ4v) is 4.42. The summed E-state index contributed by atoms with van der Waals surface area (Å²) in [5.74, 6) is 0.0806. The van der Waals surface area contributed by atoms with Gasteiger partial charge in [-0.15, -0.1) is 11.3 Å². The molecule has 1 aliphatic carbocycles. The molecular formula is C20H24N2O2S. The molecule has 0 radical (unpaired) electrons. The molecule has 0 unspecified atom stereocenters. The Bertz CT molecular complexity index is 795. The summed E-state index contributed by atoms with van der Waals surface area (Å²) in [4.78, 5) is 28.4. The minimum Gasteiger partial charge on any atom is -0.344 e. The number of nitrogens with zero attached hydrogens (tertiary/aromatic N) is 1. The fraction of sp³-hybridized carbons (Fsp3) is 0.400. The van der Waals surface area contributed by atoms with Crippen LogP contribution in [0.15, 0.2) is 30.3 Å². The lowest BCUT2D eigenvalue weighted by atomic mass is 9.87. The highest BCUT2D eigenvalue weighted by Crippen LogP contribution is 2.33. The summed E-state index contributed by atoms with van der Waals surface area (Å²) in [5, 5.41) is 3.05. The molecule has 5 heteroatoms. The number of hydrogen-bond donors (Lipinski definition) is 1. The molecule has 2 amide bonds. The van der Waals surface area contributed by atoms with Crippen LogP contribution in [0.3, 0.4) is 0 Å². The summed E-state index contributed by atoms with van der Waals surface area (Å²) >= 11 is 1.57. The molecule has 1 aromatic carbocycles. The monoisotopic (exact) mass is 356 g/mol. The van der Waals surface area contributed by atoms with Crippen molar-refractivity contribution >= 4 is 28.8 Å². The molecule has 0 aliphatic heterocycles. The Balaban J connectivity index is 1.69. The molecular weight excluding hydrogens is 332 g/mol. The number of carbonyl (C=O) groups is 2. The van der Waals surface area contributed by atoms with E-state index in [-0.39, 0.29) is 17.7 Å². The Kier molecular flexibility index (Phi) is 5.23. The van der Waals surface area contributed by atoms with Crippen molar-refractivity contribution in [1.29, 1.82) is 0 Å². The first-order valence-corrected chi connectivity index (χ1v) is 9.52. The van der Waals surface area contributed by atoms with E-state index in [0.717, 1.165) is 35.4 Å². The van der Waals surface area contributed by atoms with Crippen LogP contribution in [-0.4, -0.2) is 30.8 Å². The first-order valence-electron chi connectivity index (χ1n) is 8.71. The summed E-state index contributed by atoms with van der Waals surface area (Å²) in [6.45, 7) is 2.10. The molecule has 1 aliphatic rings. The molecule has 0 saturated heterocycles. The number of rotatable bonds is 4. The number of fused-ring (bicyclic) bond motifs is 1. The van der Waals surface area contributed by atoms with Crippen LogP contribution in [0, 0.1) is 5.92 Å². The minimum atomic E-state index is -0.0327. The van der Waals surface area contributed by atoms with Gasteiger partial charge >= 0.3 is 0 Å². The molecule has 0 spiro atoms. The lowest BCUT2D eigenvalue weighted by molar-refractivity contribution is -0.120. The molecule has 1 aromatic heterocycles. The van der Waals surface area contributed by atoms with Crippen LogP contribution in [-0.2, 0) is 24.1 Å². The molecule has 1 N–H and O–H groups in total. The van der Waals surface area contributed by atoms with E-state index in [1.807, 2.05) is 24.3 Å². The zero-order chi connectivity index (χ0) is 18.0. The summed E-state index contributed by atoms with van der Waals surface area (Å²) in [7, 11) is 3.53. The van der Waals surface area contributed by atoms with Gasteiger partial charge in [0.25, 0.3) is 5.91 Å². The lowest BCUT2D eigenvalue weighted by Crippen LogP contribution is -2.27. The van der Waals surface area contributed by atoms with Gasteiger partial charge in [-0.1, -0.05) is 19.1 Å². The Morgan fingerprint density at radius 1 is 1.28 bits per heavy atom. The maximum atomic E-state index is 12.6. The molecule has 1 heterocycles. The number of thiophene rings is 1. The number of anilines is 1. The molecule has 132 valence electrons. The highest BCUT2D eigenvalue weighted by Gasteiger charge is 2.27. The van der Waals surface area contributed by atoms with Crippen molar-refractivity contribution in [3.63, 3.8) is 0 Å². The fourth-order valence-electron chi connectivity index (χ4n) is 3.19. The van der Waals surface area contributed by atoms with Gasteiger partial charge in [-0.3, -0.25) is 9.59 Å². The number of aryl methyl sites for hydroxylation is 2. The molecule has 2 aromatic rings. The van der Waals surface area contributed by atoms with Gasteiger partial charge in [0.1, 0.15) is 0 Å². The van der Waals surface area contributed by atoms with Crippen LogP contribution < -0.4 is 5.32 Å². The first kappa shape index (κ1) is 17.7. The number of nitrogens with one attached hydrogen (secondary N) is 1. The van der Waals surface area contributed by atoms with Gasteiger partial charge in [0, 0.05) is 30.6 Å². The third-order valence-electron chi connectivity index (χ3n) is 4.67. The number of benzene rings is 1. The van der Waals surface area contributed by atoms with E-state index in [0.29, 0.717) is 6.42 Å². The van der Waals surface area contributed by atoms with E-state index < -0.39 is 0 Å². The maximum Gasteiger partial charge on any atom is 0.263 e. The van der Waals surface area contributed by atoms with Gasteiger partial charge in [-0.05, 0) is 55.0 Å². The molecule has 25 heavy (non-hydrogen) atoms. The number of carbonyl (C=O) groups excluding carboxylic acids is 2. The number of hydrogen-bond acceptors (Lipinski definition) is 3. The Morgan fingerprint density at radius 3 is 2.80 bits per heavy atom. The minimum absolute atomic E-state index is 0.0327. The molecule has 3 rings (SSSR count). The molecule has 4 nitrogen and oxygen atoms in total. The summed E-state index contributed by atoms with van der Waals surface area (Å²) in [6, 6.07) is 9.98. The smallest absolute Gasteiger partial charge is 0.263 e. The average molecular weight is 356 g/mol. The van der Waals surface area contributed by atoms with Crippen LogP contribution >= 0.6 is 11.3 Å². The Morgan fingerprint density at radius 2 is 2.08 bits per heavy atom. The van der Waals surface area contributed by atoms with E-state index in [4.69, 9.17) is 0 Å². The lowest BCUT2D eigenvalue weighted by Gasteiger charge is -2.21. The predicted molar refractivity (Wildman–Crippen MR) is 102 cm³/mol. The van der Waals surface area contributed by atoms with Crippen molar-refractivity contribution < 1.29 is 9.59 Å². The normalized spacial score (nSPS) is 16.2. The summed E-state index contributed by atoms with van der Waals surface area (Å²) in [5.41, 5.74) is 3.24. The average Bonchev–Trinajstić information content (AvgIpc) is 3.04. The van der Waals surface area contributed by atoms with Crippen LogP contribution in [0.4, 0.5) is 5.69 Å². The maximum absolute atomic E-state index is 12.6. The molecule has 1 atom stereocenters. The third-order valence-corrected chi connectivity index (χ3v) is 5.90. The quantitative estimate of drug-likeness (QED) is 0.907. The molecule has 0 bridgehead atoms. The van der Waals surface area contributed by atoms with Crippen LogP contribution in [0.1, 0.15) is 39.0 Å². The van der Waals surface area contributed by atoms with Gasteiger partial charge in [-0.25, -0.2) is 0 Å². The second-order valence-electron chi connectivity index (χ2n) is 6.74. The molecule has 0 saturated carbocycles. The van der Waals surface area contributed by atoms with E-state index in [1.165, 1.54) is 10.4 Å². The first-order chi connectivity index (χ1) is 12.0. The van der Waals surface area contributed by atoms with Crippen LogP contribution in [0.5, 0.6) is 0 Å². The highest BCUT2D eigenvalue weighted by molar-refractivity contribution is 7.14. The van der Waals surface area contributed by atoms with Crippen LogP contribution in [0.25, 0.3) is 0 Å². The Hall–Kier alpha value is -2.14. The summed E-state index contributed by atoms with van der Waals surface area (Å²) in [6.07, 6.45) is 3.37. The second-order valence-corrected chi connectivity index (χ2v) is 7.88. The van der Waals surface area contributed by atoms with Crippen LogP contribution in [0.2, 0.25) is 0 Å². The van der Waals surface area contributed by atoms with Crippen molar-refractivity contribution in [2.75, 3.05) is 19.4 Å². The van der Waals surface area contributed by atoms with E-state index in [9.17, 15) is 9.59 Å². The SMILES string of the molecule is CCc1cccc(NC(=O)[C@H]2CCc3sc(C(=O)N(C)C)cc3C2)c1. The van der Waals surface area contributed by atoms with Crippen molar-refractivity contribution in [2.24, 2.45) is 5.92 Å². The Labute approximate surface area is 152 Å². The standard InChI is InChI=1S/C20H24N2O2S/c1-4-13-6-5-7-16(10-13)21-19(23)14-8-9-17-15(11-14)12-18(25-17)20(24)22(2)3/h5-7,10,12,14H,4,8-9,11H2,1-3H3,(H,21,23)/t14-/m0/s1. The van der Waals surface area contributed by atoms with Gasteiger partial charge in [0.2, 0.25) is 5.91 Å². The zero-order valence-corrected chi connectivity index (χ0v) is 15.8. The topological polar surface area (TPSA) is 49.4 Å². The van der Waals surface area contributed by atoms with Gasteiger partial charge in [0.05, 0.1) is 4.88 Å². The van der Waals surface area contributed by atoms with Gasteiger partial charge < -0.3 is 10.2 Å². The second kappa shape index (κ2) is 7.40. The summed E-state index contributed by atoms with van der Waals surface area (Å²) < 4.78 is 0. The predicted octanol–water partition coefficient (Wildman–Crippen LogP) is 3.76. The van der Waals surface area contributed by atoms with Gasteiger partial charge in [-0.2, -0.15) is 0 Å². The van der Waals surface area contributed by atoms with E-state index in [2.05, 4.69) is 18.3 Å². The van der Waals surface area contributed by atoms with Gasteiger partial charge in [0.15, 0.2) is 0 Å². The largest absolute Gasteiger partial charge is 0.344 e. The van der Waals surface area contributed by atoms with Crippen molar-refractivity contribution in [3.05, 3.63) is 51.2 Å². The zero-order valence-electron chi connectivity index (χ0n) is 15.0. The van der Waals surface area contributed by atoms with E-state index >= 15 is 0 Å². The highest BCUT2D eigenvalue weighted by atomic mass is 32.1. The van der Waals surface area contributed by atoms with Crippen molar-refractivity contribution in [2.45, 2.75) is 32.6 Å². The number of amides is 2.